The summed E-state index contributed by atoms with van der Waals surface area (Å²) in [5.41, 5.74) is 1.60. The van der Waals surface area contributed by atoms with Gasteiger partial charge in [0, 0.05) is 17.6 Å². The maximum absolute atomic E-state index is 14.2. The summed E-state index contributed by atoms with van der Waals surface area (Å²) in [6, 6.07) is 10.2. The zero-order valence-corrected chi connectivity index (χ0v) is 13.8. The van der Waals surface area contributed by atoms with Gasteiger partial charge >= 0.3 is 0 Å². The van der Waals surface area contributed by atoms with E-state index in [0.717, 1.165) is 12.0 Å². The van der Waals surface area contributed by atoms with Crippen LogP contribution in [-0.4, -0.2) is 19.2 Å². The van der Waals surface area contributed by atoms with Crippen LogP contribution in [0.25, 0.3) is 10.9 Å². The summed E-state index contributed by atoms with van der Waals surface area (Å²) in [6.45, 7) is 1.98. The van der Waals surface area contributed by atoms with Gasteiger partial charge in [-0.1, -0.05) is 13.0 Å². The average molecular weight is 327 g/mol. The lowest BCUT2D eigenvalue weighted by molar-refractivity contribution is 0.355. The Morgan fingerprint density at radius 2 is 1.67 bits per heavy atom. The molecule has 0 atom stereocenters. The molecule has 0 aliphatic rings. The number of methoxy groups -OCH3 is 2. The summed E-state index contributed by atoms with van der Waals surface area (Å²) in [4.78, 5) is 4.31. The maximum atomic E-state index is 14.2. The molecule has 0 aliphatic carbocycles. The molecule has 0 aliphatic heterocycles. The molecule has 0 saturated heterocycles. The Hall–Kier alpha value is -2.82. The topological polar surface area (TPSA) is 40.6 Å². The zero-order valence-electron chi connectivity index (χ0n) is 13.8. The highest BCUT2D eigenvalue weighted by Crippen LogP contribution is 2.37. The van der Waals surface area contributed by atoms with Crippen molar-refractivity contribution in [3.8, 4) is 23.0 Å². The van der Waals surface area contributed by atoms with Crippen LogP contribution in [0.2, 0.25) is 0 Å². The largest absolute Gasteiger partial charge is 0.493 e. The summed E-state index contributed by atoms with van der Waals surface area (Å²) in [6.07, 6.45) is 2.38. The standard InChI is InChI=1S/C19H18FNO3/c1-4-12-5-6-17(14(20)9-12)24-16-7-8-21-15-11-19(23-3)18(22-2)10-13(15)16/h5-11H,4H2,1-3H3. The van der Waals surface area contributed by atoms with Crippen molar-refractivity contribution in [2.45, 2.75) is 13.3 Å². The quantitative estimate of drug-likeness (QED) is 0.678. The van der Waals surface area contributed by atoms with Crippen LogP contribution in [0, 0.1) is 5.82 Å². The fourth-order valence-electron chi connectivity index (χ4n) is 2.50. The highest BCUT2D eigenvalue weighted by molar-refractivity contribution is 5.88. The van der Waals surface area contributed by atoms with Crippen LogP contribution in [0.15, 0.2) is 42.6 Å². The molecule has 1 heterocycles. The number of nitrogens with zero attached hydrogens (tertiary/aromatic N) is 1. The van der Waals surface area contributed by atoms with Crippen molar-refractivity contribution in [1.29, 1.82) is 0 Å². The second kappa shape index (κ2) is 6.74. The van der Waals surface area contributed by atoms with Gasteiger partial charge < -0.3 is 14.2 Å². The lowest BCUT2D eigenvalue weighted by atomic mass is 10.1. The molecule has 3 rings (SSSR count). The van der Waals surface area contributed by atoms with Gasteiger partial charge in [-0.05, 0) is 36.2 Å². The van der Waals surface area contributed by atoms with Crippen molar-refractivity contribution in [1.82, 2.24) is 4.98 Å². The Morgan fingerprint density at radius 1 is 0.917 bits per heavy atom. The van der Waals surface area contributed by atoms with Gasteiger partial charge in [-0.15, -0.1) is 0 Å². The lowest BCUT2D eigenvalue weighted by Gasteiger charge is -2.13. The summed E-state index contributed by atoms with van der Waals surface area (Å²) >= 11 is 0. The van der Waals surface area contributed by atoms with E-state index >= 15 is 0 Å². The number of benzene rings is 2. The van der Waals surface area contributed by atoms with E-state index in [1.165, 1.54) is 6.07 Å². The minimum absolute atomic E-state index is 0.175. The van der Waals surface area contributed by atoms with Gasteiger partial charge in [0.15, 0.2) is 23.1 Å². The zero-order chi connectivity index (χ0) is 17.1. The van der Waals surface area contributed by atoms with Crippen molar-refractivity contribution in [3.63, 3.8) is 0 Å². The Bertz CT molecular complexity index is 880. The Labute approximate surface area is 139 Å². The predicted octanol–water partition coefficient (Wildman–Crippen LogP) is 4.75. The van der Waals surface area contributed by atoms with Crippen molar-refractivity contribution >= 4 is 10.9 Å². The molecule has 0 amide bonds. The minimum Gasteiger partial charge on any atom is -0.493 e. The van der Waals surface area contributed by atoms with E-state index < -0.39 is 0 Å². The van der Waals surface area contributed by atoms with E-state index in [1.54, 1.807) is 44.7 Å². The molecule has 0 fully saturated rings. The Balaban J connectivity index is 2.06. The van der Waals surface area contributed by atoms with Gasteiger partial charge in [-0.25, -0.2) is 4.39 Å². The number of rotatable bonds is 5. The normalized spacial score (nSPS) is 10.7. The number of fused-ring (bicyclic) bond motifs is 1. The van der Waals surface area contributed by atoms with Crippen LogP contribution >= 0.6 is 0 Å². The third kappa shape index (κ3) is 2.97. The molecule has 3 aromatic rings. The van der Waals surface area contributed by atoms with Gasteiger partial charge in [0.25, 0.3) is 0 Å². The maximum Gasteiger partial charge on any atom is 0.165 e. The van der Waals surface area contributed by atoms with Crippen LogP contribution in [0.1, 0.15) is 12.5 Å². The SMILES string of the molecule is CCc1ccc(Oc2ccnc3cc(OC)c(OC)cc23)c(F)c1. The van der Waals surface area contributed by atoms with E-state index in [4.69, 9.17) is 14.2 Å². The van der Waals surface area contributed by atoms with E-state index in [-0.39, 0.29) is 11.6 Å². The van der Waals surface area contributed by atoms with Crippen LogP contribution in [-0.2, 0) is 6.42 Å². The van der Waals surface area contributed by atoms with Crippen molar-refractivity contribution in [2.75, 3.05) is 14.2 Å². The summed E-state index contributed by atoms with van der Waals surface area (Å²) in [5, 5.41) is 0.717. The van der Waals surface area contributed by atoms with Crippen molar-refractivity contribution in [2.24, 2.45) is 0 Å². The highest BCUT2D eigenvalue weighted by Gasteiger charge is 2.13. The molecule has 0 spiro atoms. The molecular weight excluding hydrogens is 309 g/mol. The molecule has 0 bridgehead atoms. The van der Waals surface area contributed by atoms with Crippen LogP contribution in [0.5, 0.6) is 23.0 Å². The average Bonchev–Trinajstić information content (AvgIpc) is 2.62. The molecule has 0 unspecified atom stereocenters. The second-order valence-electron chi connectivity index (χ2n) is 5.25. The summed E-state index contributed by atoms with van der Waals surface area (Å²) in [7, 11) is 3.12. The number of hydrogen-bond acceptors (Lipinski definition) is 4. The van der Waals surface area contributed by atoms with Crippen LogP contribution in [0.3, 0.4) is 0 Å². The molecule has 4 nitrogen and oxygen atoms in total. The molecular formula is C19H18FNO3. The van der Waals surface area contributed by atoms with Gasteiger partial charge in [-0.3, -0.25) is 4.98 Å². The number of aryl methyl sites for hydroxylation is 1. The fraction of sp³-hybridized carbons (Fsp3) is 0.211. The Kier molecular flexibility index (Phi) is 4.51. The summed E-state index contributed by atoms with van der Waals surface area (Å²) < 4.78 is 30.6. The molecule has 0 N–H and O–H groups in total. The molecule has 5 heteroatoms. The van der Waals surface area contributed by atoms with Crippen LogP contribution in [0.4, 0.5) is 4.39 Å². The van der Waals surface area contributed by atoms with Crippen LogP contribution < -0.4 is 14.2 Å². The Morgan fingerprint density at radius 3 is 2.33 bits per heavy atom. The van der Waals surface area contributed by atoms with Crippen molar-refractivity contribution in [3.05, 3.63) is 54.0 Å². The van der Waals surface area contributed by atoms with Gasteiger partial charge in [0.1, 0.15) is 5.75 Å². The third-order valence-corrected chi connectivity index (χ3v) is 3.83. The predicted molar refractivity (Wildman–Crippen MR) is 90.7 cm³/mol. The number of halogens is 1. The first kappa shape index (κ1) is 16.1. The van der Waals surface area contributed by atoms with Gasteiger partial charge in [0.2, 0.25) is 0 Å². The first-order valence-electron chi connectivity index (χ1n) is 7.63. The number of hydrogen-bond donors (Lipinski definition) is 0. The van der Waals surface area contributed by atoms with E-state index in [1.807, 2.05) is 13.0 Å². The monoisotopic (exact) mass is 327 g/mol. The van der Waals surface area contributed by atoms with Crippen molar-refractivity contribution < 1.29 is 18.6 Å². The molecule has 24 heavy (non-hydrogen) atoms. The van der Waals surface area contributed by atoms with E-state index in [9.17, 15) is 4.39 Å². The first-order chi connectivity index (χ1) is 11.7. The molecule has 124 valence electrons. The second-order valence-corrected chi connectivity index (χ2v) is 5.25. The highest BCUT2D eigenvalue weighted by atomic mass is 19.1. The minimum atomic E-state index is -0.389. The third-order valence-electron chi connectivity index (χ3n) is 3.83. The first-order valence-corrected chi connectivity index (χ1v) is 7.63. The fourth-order valence-corrected chi connectivity index (χ4v) is 2.50. The van der Waals surface area contributed by atoms with Gasteiger partial charge in [0.05, 0.1) is 19.7 Å². The smallest absolute Gasteiger partial charge is 0.165 e. The number of ether oxygens (including phenoxy) is 3. The molecule has 1 aromatic heterocycles. The molecule has 0 saturated carbocycles. The van der Waals surface area contributed by atoms with Gasteiger partial charge in [-0.2, -0.15) is 0 Å². The number of aromatic nitrogens is 1. The summed E-state index contributed by atoms with van der Waals surface area (Å²) in [5.74, 6) is 1.43. The molecule has 0 radical (unpaired) electrons. The van der Waals surface area contributed by atoms with E-state index in [2.05, 4.69) is 4.98 Å². The van der Waals surface area contributed by atoms with E-state index in [0.29, 0.717) is 28.2 Å². The lowest BCUT2D eigenvalue weighted by Crippen LogP contribution is -1.94. The number of pyridine rings is 1. The molecule has 2 aromatic carbocycles.